The minimum atomic E-state index is 0.682. The van der Waals surface area contributed by atoms with Gasteiger partial charge in [-0.1, -0.05) is 29.4 Å². The number of hydrogen-bond donors (Lipinski definition) is 1. The van der Waals surface area contributed by atoms with E-state index in [0.717, 1.165) is 65.5 Å². The third-order valence-corrected chi connectivity index (χ3v) is 6.23. The third-order valence-electron chi connectivity index (χ3n) is 6.23. The van der Waals surface area contributed by atoms with Crippen LogP contribution in [0, 0.1) is 17.2 Å². The van der Waals surface area contributed by atoms with E-state index in [1.807, 2.05) is 37.3 Å². The molecule has 4 rings (SSSR count). The first-order chi connectivity index (χ1) is 15.2. The third kappa shape index (κ3) is 4.81. The van der Waals surface area contributed by atoms with Crippen LogP contribution < -0.4 is 10.2 Å². The molecule has 31 heavy (non-hydrogen) atoms. The van der Waals surface area contributed by atoms with Crippen LogP contribution in [0.2, 0.25) is 0 Å². The predicted molar refractivity (Wildman–Crippen MR) is 126 cm³/mol. The molecule has 0 radical (unpaired) electrons. The number of nitrogens with zero attached hydrogens (tertiary/aromatic N) is 3. The van der Waals surface area contributed by atoms with Crippen LogP contribution in [0.3, 0.4) is 0 Å². The maximum Gasteiger partial charge on any atom is 0.176 e. The number of allylic oxidation sites excluding steroid dienone is 1. The smallest absolute Gasteiger partial charge is 0.176 e. The van der Waals surface area contributed by atoms with Crippen LogP contribution >= 0.6 is 0 Å². The van der Waals surface area contributed by atoms with Gasteiger partial charge in [-0.15, -0.1) is 0 Å². The summed E-state index contributed by atoms with van der Waals surface area (Å²) in [7, 11) is 2.08. The number of aryl methyl sites for hydroxylation is 1. The molecule has 1 aliphatic rings. The Morgan fingerprint density at radius 2 is 1.97 bits per heavy atom. The number of aromatic nitrogens is 1. The Morgan fingerprint density at radius 1 is 1.19 bits per heavy atom. The maximum atomic E-state index is 9.01. The van der Waals surface area contributed by atoms with Crippen molar-refractivity contribution in [2.24, 2.45) is 5.92 Å². The summed E-state index contributed by atoms with van der Waals surface area (Å²) in [4.78, 5) is 2.22. The topological polar surface area (TPSA) is 65.1 Å². The standard InChI is InChI=1S/C26H30N4O/c1-3-4-23-25(30(2)18-21-7-5-20(17-27)6-8-21)12-10-22-24(29-31-26(22)23)11-9-19-13-15-28-16-14-19/h3-8,10,12,19,28H,9,11,13-16,18H2,1-2H3/b4-3-. The molecule has 1 aliphatic heterocycles. The van der Waals surface area contributed by atoms with Gasteiger partial charge in [0.1, 0.15) is 0 Å². The van der Waals surface area contributed by atoms with E-state index in [9.17, 15) is 0 Å². The fourth-order valence-electron chi connectivity index (χ4n) is 4.46. The first kappa shape index (κ1) is 21.1. The van der Waals surface area contributed by atoms with Crippen molar-refractivity contribution < 1.29 is 4.52 Å². The molecule has 1 N–H and O–H groups in total. The molecule has 0 unspecified atom stereocenters. The van der Waals surface area contributed by atoms with E-state index in [-0.39, 0.29) is 0 Å². The molecule has 3 aromatic rings. The summed E-state index contributed by atoms with van der Waals surface area (Å²) < 4.78 is 5.87. The van der Waals surface area contributed by atoms with Crippen LogP contribution in [0.25, 0.3) is 17.0 Å². The summed E-state index contributed by atoms with van der Waals surface area (Å²) in [5.74, 6) is 0.779. The molecule has 2 aromatic carbocycles. The second-order valence-electron chi connectivity index (χ2n) is 8.40. The largest absolute Gasteiger partial charge is 0.370 e. The highest BCUT2D eigenvalue weighted by atomic mass is 16.5. The van der Waals surface area contributed by atoms with Gasteiger partial charge in [-0.25, -0.2) is 0 Å². The number of piperidine rings is 1. The summed E-state index contributed by atoms with van der Waals surface area (Å²) >= 11 is 0. The van der Waals surface area contributed by atoms with Crippen LogP contribution in [0.1, 0.15) is 48.6 Å². The summed E-state index contributed by atoms with van der Waals surface area (Å²) in [5, 5.41) is 18.0. The van der Waals surface area contributed by atoms with Gasteiger partial charge in [-0.05, 0) is 81.4 Å². The highest BCUT2D eigenvalue weighted by Gasteiger charge is 2.19. The van der Waals surface area contributed by atoms with Crippen molar-refractivity contribution >= 4 is 22.7 Å². The fourth-order valence-corrected chi connectivity index (χ4v) is 4.46. The van der Waals surface area contributed by atoms with Gasteiger partial charge in [-0.2, -0.15) is 5.26 Å². The SMILES string of the molecule is C/C=C\c1c(N(C)Cc2ccc(C#N)cc2)ccc2c(CCC3CCNCC3)noc12. The average molecular weight is 415 g/mol. The second kappa shape index (κ2) is 9.80. The van der Waals surface area contributed by atoms with E-state index in [0.29, 0.717) is 5.56 Å². The molecule has 0 amide bonds. The number of anilines is 1. The molecule has 160 valence electrons. The van der Waals surface area contributed by atoms with E-state index in [4.69, 9.17) is 9.78 Å². The zero-order valence-electron chi connectivity index (χ0n) is 18.4. The Labute approximate surface area is 184 Å². The lowest BCUT2D eigenvalue weighted by Crippen LogP contribution is -2.27. The van der Waals surface area contributed by atoms with Crippen LogP contribution in [0.15, 0.2) is 47.0 Å². The number of benzene rings is 2. The molecule has 2 heterocycles. The van der Waals surface area contributed by atoms with E-state index >= 15 is 0 Å². The second-order valence-corrected chi connectivity index (χ2v) is 8.40. The van der Waals surface area contributed by atoms with E-state index < -0.39 is 0 Å². The van der Waals surface area contributed by atoms with Gasteiger partial charge in [0.05, 0.1) is 17.3 Å². The zero-order valence-corrected chi connectivity index (χ0v) is 18.4. The van der Waals surface area contributed by atoms with Crippen LogP contribution in [0.4, 0.5) is 5.69 Å². The highest BCUT2D eigenvalue weighted by molar-refractivity contribution is 5.93. The fraction of sp³-hybridized carbons (Fsp3) is 0.385. The maximum absolute atomic E-state index is 9.01. The Hall–Kier alpha value is -3.10. The number of hydrogen-bond acceptors (Lipinski definition) is 5. The highest BCUT2D eigenvalue weighted by Crippen LogP contribution is 2.33. The van der Waals surface area contributed by atoms with Crippen molar-refractivity contribution in [1.29, 1.82) is 5.26 Å². The Kier molecular flexibility index (Phi) is 6.69. The van der Waals surface area contributed by atoms with Gasteiger partial charge in [0, 0.05) is 30.2 Å². The van der Waals surface area contributed by atoms with Gasteiger partial charge < -0.3 is 14.7 Å². The molecule has 0 aliphatic carbocycles. The van der Waals surface area contributed by atoms with Crippen molar-refractivity contribution in [3.05, 3.63) is 64.9 Å². The van der Waals surface area contributed by atoms with Crippen molar-refractivity contribution in [2.75, 3.05) is 25.0 Å². The first-order valence-electron chi connectivity index (χ1n) is 11.1. The number of fused-ring (bicyclic) bond motifs is 1. The molecular weight excluding hydrogens is 384 g/mol. The van der Waals surface area contributed by atoms with Gasteiger partial charge in [0.15, 0.2) is 5.58 Å². The minimum Gasteiger partial charge on any atom is -0.370 e. The number of rotatable bonds is 7. The van der Waals surface area contributed by atoms with Crippen molar-refractivity contribution in [3.8, 4) is 6.07 Å². The first-order valence-corrected chi connectivity index (χ1v) is 11.1. The van der Waals surface area contributed by atoms with E-state index in [1.165, 1.54) is 19.3 Å². The summed E-state index contributed by atoms with van der Waals surface area (Å²) in [6.07, 6.45) is 8.80. The van der Waals surface area contributed by atoms with Crippen LogP contribution in [-0.4, -0.2) is 25.3 Å². The molecule has 1 aromatic heterocycles. The Bertz CT molecular complexity index is 1090. The molecule has 5 nitrogen and oxygen atoms in total. The molecule has 0 bridgehead atoms. The van der Waals surface area contributed by atoms with Crippen molar-refractivity contribution in [3.63, 3.8) is 0 Å². The molecule has 1 fully saturated rings. The van der Waals surface area contributed by atoms with E-state index in [2.05, 4.69) is 46.7 Å². The number of nitrogens with one attached hydrogen (secondary N) is 1. The van der Waals surface area contributed by atoms with E-state index in [1.54, 1.807) is 0 Å². The number of nitriles is 1. The molecular formula is C26H30N4O. The monoisotopic (exact) mass is 414 g/mol. The quantitative estimate of drug-likeness (QED) is 0.568. The van der Waals surface area contributed by atoms with Gasteiger partial charge in [0.2, 0.25) is 0 Å². The average Bonchev–Trinajstić information content (AvgIpc) is 3.22. The lowest BCUT2D eigenvalue weighted by atomic mass is 9.92. The predicted octanol–water partition coefficient (Wildman–Crippen LogP) is 5.30. The van der Waals surface area contributed by atoms with Crippen LogP contribution in [0.5, 0.6) is 0 Å². The van der Waals surface area contributed by atoms with Crippen molar-refractivity contribution in [1.82, 2.24) is 10.5 Å². The van der Waals surface area contributed by atoms with Crippen LogP contribution in [-0.2, 0) is 13.0 Å². The normalized spacial score (nSPS) is 14.9. The summed E-state index contributed by atoms with van der Waals surface area (Å²) in [5.41, 5.74) is 5.95. The molecule has 0 spiro atoms. The minimum absolute atomic E-state index is 0.682. The Balaban J connectivity index is 1.57. The zero-order chi connectivity index (χ0) is 21.6. The molecule has 0 atom stereocenters. The molecule has 5 heteroatoms. The molecule has 0 saturated carbocycles. The lowest BCUT2D eigenvalue weighted by Gasteiger charge is -2.22. The lowest BCUT2D eigenvalue weighted by molar-refractivity contribution is 0.350. The Morgan fingerprint density at radius 3 is 2.68 bits per heavy atom. The summed E-state index contributed by atoms with van der Waals surface area (Å²) in [6.45, 7) is 5.03. The van der Waals surface area contributed by atoms with Gasteiger partial charge >= 0.3 is 0 Å². The van der Waals surface area contributed by atoms with Gasteiger partial charge in [-0.3, -0.25) is 0 Å². The molecule has 1 saturated heterocycles. The summed E-state index contributed by atoms with van der Waals surface area (Å²) in [6, 6.07) is 14.3. The van der Waals surface area contributed by atoms with Gasteiger partial charge in [0.25, 0.3) is 0 Å². The van der Waals surface area contributed by atoms with Crippen molar-refractivity contribution in [2.45, 2.75) is 39.2 Å².